The molecule has 0 saturated carbocycles. The largest absolute Gasteiger partial charge is 0.503 e. The molecule has 32 heavy (non-hydrogen) atoms. The van der Waals surface area contributed by atoms with Crippen LogP contribution in [0, 0.1) is 20.8 Å². The van der Waals surface area contributed by atoms with Gasteiger partial charge in [-0.2, -0.15) is 0 Å². The Labute approximate surface area is 193 Å². The highest BCUT2D eigenvalue weighted by atomic mass is 32.1. The number of carbonyl (C=O) groups excluding carboxylic acids is 2. The van der Waals surface area contributed by atoms with Crippen LogP contribution in [0.2, 0.25) is 0 Å². The van der Waals surface area contributed by atoms with Crippen LogP contribution in [0.5, 0.6) is 5.75 Å². The van der Waals surface area contributed by atoms with Crippen LogP contribution in [0.15, 0.2) is 35.6 Å². The van der Waals surface area contributed by atoms with Gasteiger partial charge in [0.05, 0.1) is 33.8 Å². The molecule has 4 rings (SSSR count). The first-order valence-electron chi connectivity index (χ1n) is 10.1. The molecule has 166 valence electrons. The lowest BCUT2D eigenvalue weighted by Gasteiger charge is -2.24. The first-order chi connectivity index (χ1) is 15.3. The van der Waals surface area contributed by atoms with Crippen molar-refractivity contribution in [2.45, 2.75) is 40.2 Å². The Hall–Kier alpha value is -3.11. The maximum Gasteiger partial charge on any atom is 0.296 e. The average molecular weight is 471 g/mol. The number of anilines is 1. The molecule has 0 spiro atoms. The van der Waals surface area contributed by atoms with Crippen molar-refractivity contribution >= 4 is 39.5 Å². The molecular weight excluding hydrogens is 448 g/mol. The van der Waals surface area contributed by atoms with E-state index in [2.05, 4.69) is 15.2 Å². The number of amides is 1. The number of benzene rings is 1. The molecule has 8 nitrogen and oxygen atoms in total. The first kappa shape index (κ1) is 22.1. The van der Waals surface area contributed by atoms with Crippen molar-refractivity contribution < 1.29 is 19.4 Å². The maximum absolute atomic E-state index is 13.6. The molecule has 3 heterocycles. The zero-order chi connectivity index (χ0) is 23.0. The molecular formula is C22H22N4O4S2. The van der Waals surface area contributed by atoms with Crippen molar-refractivity contribution in [3.05, 3.63) is 61.7 Å². The molecule has 10 heteroatoms. The second-order valence-electron chi connectivity index (χ2n) is 7.34. The molecule has 0 bridgehead atoms. The van der Waals surface area contributed by atoms with Crippen LogP contribution in [0.25, 0.3) is 0 Å². The third kappa shape index (κ3) is 3.91. The molecule has 1 aliphatic rings. The van der Waals surface area contributed by atoms with E-state index in [0.29, 0.717) is 38.6 Å². The van der Waals surface area contributed by atoms with E-state index < -0.39 is 23.5 Å². The fourth-order valence-corrected chi connectivity index (χ4v) is 5.18. The van der Waals surface area contributed by atoms with Crippen molar-refractivity contribution in [2.24, 2.45) is 0 Å². The van der Waals surface area contributed by atoms with Gasteiger partial charge < -0.3 is 9.84 Å². The third-order valence-corrected chi connectivity index (χ3v) is 6.84. The fraction of sp³-hybridized carbons (Fsp3) is 0.318. The molecule has 0 radical (unpaired) electrons. The number of aryl methyl sites for hydroxylation is 3. The number of nitrogens with zero attached hydrogens (tertiary/aromatic N) is 4. The fourth-order valence-electron chi connectivity index (χ4n) is 3.59. The van der Waals surface area contributed by atoms with Crippen molar-refractivity contribution in [2.75, 3.05) is 11.5 Å². The van der Waals surface area contributed by atoms with Gasteiger partial charge in [-0.15, -0.1) is 21.5 Å². The number of hydrogen-bond acceptors (Lipinski definition) is 9. The zero-order valence-electron chi connectivity index (χ0n) is 18.1. The summed E-state index contributed by atoms with van der Waals surface area (Å²) in [4.78, 5) is 32.8. The molecule has 1 atom stereocenters. The van der Waals surface area contributed by atoms with Crippen LogP contribution in [0.4, 0.5) is 5.13 Å². The van der Waals surface area contributed by atoms with Gasteiger partial charge in [0.15, 0.2) is 5.76 Å². The predicted octanol–water partition coefficient (Wildman–Crippen LogP) is 4.49. The van der Waals surface area contributed by atoms with E-state index in [9.17, 15) is 14.7 Å². The Kier molecular flexibility index (Phi) is 6.07. The standard InChI is InChI=1S/C22H22N4O4S2/c1-5-9-30-15-8-6-7-14(10-15)17-16(18(27)20-11(2)23-12(3)31-20)19(28)21(29)26(17)22-25-24-13(4)32-22/h6-8,10,17,28H,5,9H2,1-4H3. The van der Waals surface area contributed by atoms with Gasteiger partial charge in [0.2, 0.25) is 10.9 Å². The van der Waals surface area contributed by atoms with E-state index in [1.54, 1.807) is 32.0 Å². The number of carbonyl (C=O) groups is 2. The van der Waals surface area contributed by atoms with E-state index in [0.717, 1.165) is 11.4 Å². The Morgan fingerprint density at radius 2 is 1.97 bits per heavy atom. The second kappa shape index (κ2) is 8.79. The van der Waals surface area contributed by atoms with Gasteiger partial charge in [0, 0.05) is 0 Å². The quantitative estimate of drug-likeness (QED) is 0.507. The highest BCUT2D eigenvalue weighted by Crippen LogP contribution is 2.44. The number of aliphatic hydroxyl groups excluding tert-OH is 1. The Bertz CT molecular complexity index is 1230. The topological polar surface area (TPSA) is 106 Å². The second-order valence-corrected chi connectivity index (χ2v) is 9.70. The minimum absolute atomic E-state index is 0.00208. The molecule has 1 aliphatic heterocycles. The lowest BCUT2D eigenvalue weighted by Crippen LogP contribution is -2.31. The lowest BCUT2D eigenvalue weighted by atomic mass is 9.95. The SMILES string of the molecule is CCCOc1cccc(C2C(C(=O)c3sc(C)nc3C)=C(O)C(=O)N2c2nnc(C)s2)c1. The minimum Gasteiger partial charge on any atom is -0.503 e. The van der Waals surface area contributed by atoms with Crippen LogP contribution in [0.1, 0.15) is 50.3 Å². The summed E-state index contributed by atoms with van der Waals surface area (Å²) in [6, 6.07) is 6.33. The van der Waals surface area contributed by atoms with E-state index in [-0.39, 0.29) is 5.57 Å². The Morgan fingerprint density at radius 3 is 2.59 bits per heavy atom. The van der Waals surface area contributed by atoms with Crippen LogP contribution in [0.3, 0.4) is 0 Å². The molecule has 0 aliphatic carbocycles. The number of ketones is 1. The number of Topliss-reactive ketones (excluding diaryl/α,β-unsaturated/α-hetero) is 1. The summed E-state index contributed by atoms with van der Waals surface area (Å²) in [6.07, 6.45) is 0.844. The number of aliphatic hydroxyl groups is 1. The van der Waals surface area contributed by atoms with Crippen molar-refractivity contribution in [3.63, 3.8) is 0 Å². The van der Waals surface area contributed by atoms with E-state index in [4.69, 9.17) is 4.74 Å². The molecule has 0 saturated heterocycles. The summed E-state index contributed by atoms with van der Waals surface area (Å²) in [6.45, 7) is 7.88. The molecule has 1 unspecified atom stereocenters. The zero-order valence-corrected chi connectivity index (χ0v) is 19.7. The normalized spacial score (nSPS) is 16.2. The highest BCUT2D eigenvalue weighted by Gasteiger charge is 2.46. The molecule has 1 N–H and O–H groups in total. The average Bonchev–Trinajstić information content (AvgIpc) is 3.42. The smallest absolute Gasteiger partial charge is 0.296 e. The number of hydrogen-bond donors (Lipinski definition) is 1. The van der Waals surface area contributed by atoms with Crippen molar-refractivity contribution in [1.29, 1.82) is 0 Å². The van der Waals surface area contributed by atoms with E-state index >= 15 is 0 Å². The minimum atomic E-state index is -0.866. The van der Waals surface area contributed by atoms with Gasteiger partial charge in [-0.1, -0.05) is 30.4 Å². The molecule has 2 aromatic heterocycles. The first-order valence-corrected chi connectivity index (χ1v) is 11.7. The van der Waals surface area contributed by atoms with Crippen LogP contribution in [-0.4, -0.2) is 38.6 Å². The van der Waals surface area contributed by atoms with Gasteiger partial charge >= 0.3 is 0 Å². The summed E-state index contributed by atoms with van der Waals surface area (Å²) < 4.78 is 5.76. The van der Waals surface area contributed by atoms with Gasteiger partial charge in [0.1, 0.15) is 10.8 Å². The third-order valence-electron chi connectivity index (χ3n) is 4.93. The van der Waals surface area contributed by atoms with Gasteiger partial charge in [-0.05, 0) is 44.9 Å². The molecule has 0 fully saturated rings. The summed E-state index contributed by atoms with van der Waals surface area (Å²) in [5.41, 5.74) is 1.20. The molecule has 1 aromatic carbocycles. The Morgan fingerprint density at radius 1 is 1.19 bits per heavy atom. The van der Waals surface area contributed by atoms with Gasteiger partial charge in [-0.25, -0.2) is 4.98 Å². The van der Waals surface area contributed by atoms with Crippen LogP contribution < -0.4 is 9.64 Å². The summed E-state index contributed by atoms with van der Waals surface area (Å²) in [7, 11) is 0. The summed E-state index contributed by atoms with van der Waals surface area (Å²) in [5.74, 6) is -1.08. The highest BCUT2D eigenvalue weighted by molar-refractivity contribution is 7.15. The van der Waals surface area contributed by atoms with Crippen molar-refractivity contribution in [1.82, 2.24) is 15.2 Å². The van der Waals surface area contributed by atoms with Crippen LogP contribution in [-0.2, 0) is 4.79 Å². The van der Waals surface area contributed by atoms with Crippen LogP contribution >= 0.6 is 22.7 Å². The summed E-state index contributed by atoms with van der Waals surface area (Å²) in [5, 5.41) is 20.7. The maximum atomic E-state index is 13.6. The molecule has 1 amide bonds. The van der Waals surface area contributed by atoms with E-state index in [1.807, 2.05) is 19.9 Å². The number of ether oxygens (including phenoxy) is 1. The monoisotopic (exact) mass is 470 g/mol. The number of rotatable bonds is 7. The van der Waals surface area contributed by atoms with Gasteiger partial charge in [-0.3, -0.25) is 14.5 Å². The van der Waals surface area contributed by atoms with Crippen molar-refractivity contribution in [3.8, 4) is 5.75 Å². The lowest BCUT2D eigenvalue weighted by molar-refractivity contribution is -0.117. The number of aromatic nitrogens is 3. The summed E-state index contributed by atoms with van der Waals surface area (Å²) >= 11 is 2.46. The predicted molar refractivity (Wildman–Crippen MR) is 123 cm³/mol. The Balaban J connectivity index is 1.86. The molecule has 3 aromatic rings. The number of thiazole rings is 1. The van der Waals surface area contributed by atoms with Gasteiger partial charge in [0.25, 0.3) is 5.91 Å². The van der Waals surface area contributed by atoms with E-state index in [1.165, 1.54) is 27.6 Å².